The molecule has 82 valence electrons. The number of rotatable bonds is 6. The number of hydrogen-bond donors (Lipinski definition) is 2. The summed E-state index contributed by atoms with van der Waals surface area (Å²) in [5.41, 5.74) is 0. The summed E-state index contributed by atoms with van der Waals surface area (Å²) in [6, 6.07) is 0.383. The van der Waals surface area contributed by atoms with E-state index in [0.29, 0.717) is 18.5 Å². The molecule has 1 atom stereocenters. The second kappa shape index (κ2) is 5.95. The lowest BCUT2D eigenvalue weighted by molar-refractivity contribution is 0.755. The lowest BCUT2D eigenvalue weighted by Gasteiger charge is -2.11. The van der Waals surface area contributed by atoms with Gasteiger partial charge in [-0.05, 0) is 13.3 Å². The summed E-state index contributed by atoms with van der Waals surface area (Å²) in [6.07, 6.45) is 4.41. The predicted molar refractivity (Wildman–Crippen MR) is 61.9 cm³/mol. The van der Waals surface area contributed by atoms with Gasteiger partial charge in [-0.1, -0.05) is 13.0 Å². The summed E-state index contributed by atoms with van der Waals surface area (Å²) >= 11 is 0. The van der Waals surface area contributed by atoms with Gasteiger partial charge in [0.1, 0.15) is 0 Å². The van der Waals surface area contributed by atoms with Crippen LogP contribution in [0.15, 0.2) is 18.9 Å². The molecule has 0 aromatic carbocycles. The van der Waals surface area contributed by atoms with Crippen LogP contribution in [0.5, 0.6) is 0 Å². The van der Waals surface area contributed by atoms with Crippen molar-refractivity contribution >= 4 is 11.8 Å². The van der Waals surface area contributed by atoms with E-state index in [1.807, 2.05) is 0 Å². The number of nitrogens with one attached hydrogen (secondary N) is 2. The van der Waals surface area contributed by atoms with Gasteiger partial charge in [-0.3, -0.25) is 0 Å². The molecule has 2 N–H and O–H groups in total. The standard InChI is InChI=1S/C10H17N5/c1-4-6-11-10-14-9(7-12-15-10)13-8(3)5-2/h4,7-8H,1,5-6H2,2-3H3,(H2,11,13,14,15). The molecule has 0 fully saturated rings. The molecule has 5 heteroatoms. The molecule has 0 bridgehead atoms. The van der Waals surface area contributed by atoms with Crippen LogP contribution in [-0.2, 0) is 0 Å². The van der Waals surface area contributed by atoms with Crippen molar-refractivity contribution in [3.8, 4) is 0 Å². The second-order valence-corrected chi connectivity index (χ2v) is 3.29. The Hall–Kier alpha value is -1.65. The van der Waals surface area contributed by atoms with Crippen LogP contribution in [0.1, 0.15) is 20.3 Å². The molecule has 1 aromatic rings. The van der Waals surface area contributed by atoms with Crippen LogP contribution in [0.3, 0.4) is 0 Å². The molecule has 1 aromatic heterocycles. The Labute approximate surface area is 90.0 Å². The third-order valence-electron chi connectivity index (χ3n) is 1.97. The molecule has 0 aliphatic heterocycles. The molecule has 1 rings (SSSR count). The summed E-state index contributed by atoms with van der Waals surface area (Å²) in [5.74, 6) is 1.26. The van der Waals surface area contributed by atoms with Crippen molar-refractivity contribution in [2.45, 2.75) is 26.3 Å². The highest BCUT2D eigenvalue weighted by Gasteiger charge is 2.02. The van der Waals surface area contributed by atoms with Crippen LogP contribution >= 0.6 is 0 Å². The van der Waals surface area contributed by atoms with Crippen LogP contribution in [0.2, 0.25) is 0 Å². The van der Waals surface area contributed by atoms with Crippen LogP contribution in [-0.4, -0.2) is 27.8 Å². The van der Waals surface area contributed by atoms with Gasteiger partial charge in [0.05, 0.1) is 6.20 Å². The largest absolute Gasteiger partial charge is 0.366 e. The first kappa shape index (κ1) is 11.4. The van der Waals surface area contributed by atoms with E-state index in [1.54, 1.807) is 12.3 Å². The average Bonchev–Trinajstić information content (AvgIpc) is 2.26. The molecular formula is C10H17N5. The first-order valence-corrected chi connectivity index (χ1v) is 5.07. The molecule has 0 saturated heterocycles. The molecule has 0 aliphatic carbocycles. The molecule has 1 heterocycles. The van der Waals surface area contributed by atoms with Crippen molar-refractivity contribution in [2.75, 3.05) is 17.2 Å². The van der Waals surface area contributed by atoms with Gasteiger partial charge in [0, 0.05) is 12.6 Å². The Morgan fingerprint density at radius 1 is 1.60 bits per heavy atom. The van der Waals surface area contributed by atoms with Gasteiger partial charge in [0.15, 0.2) is 5.82 Å². The highest BCUT2D eigenvalue weighted by atomic mass is 15.3. The molecule has 0 radical (unpaired) electrons. The monoisotopic (exact) mass is 207 g/mol. The van der Waals surface area contributed by atoms with E-state index in [4.69, 9.17) is 0 Å². The number of hydrogen-bond acceptors (Lipinski definition) is 5. The van der Waals surface area contributed by atoms with Crippen LogP contribution in [0.25, 0.3) is 0 Å². The van der Waals surface area contributed by atoms with Crippen LogP contribution in [0.4, 0.5) is 11.8 Å². The summed E-state index contributed by atoms with van der Waals surface area (Å²) < 4.78 is 0. The molecule has 1 unspecified atom stereocenters. The Kier molecular flexibility index (Phi) is 4.53. The van der Waals surface area contributed by atoms with E-state index < -0.39 is 0 Å². The Balaban J connectivity index is 2.61. The zero-order chi connectivity index (χ0) is 11.1. The van der Waals surface area contributed by atoms with Crippen molar-refractivity contribution < 1.29 is 0 Å². The van der Waals surface area contributed by atoms with Gasteiger partial charge in [-0.2, -0.15) is 10.1 Å². The highest BCUT2D eigenvalue weighted by Crippen LogP contribution is 2.06. The molecule has 0 amide bonds. The molecular weight excluding hydrogens is 190 g/mol. The first-order chi connectivity index (χ1) is 7.26. The van der Waals surface area contributed by atoms with Crippen molar-refractivity contribution in [2.24, 2.45) is 0 Å². The topological polar surface area (TPSA) is 62.7 Å². The van der Waals surface area contributed by atoms with Gasteiger partial charge >= 0.3 is 0 Å². The molecule has 15 heavy (non-hydrogen) atoms. The zero-order valence-electron chi connectivity index (χ0n) is 9.20. The van der Waals surface area contributed by atoms with Crippen molar-refractivity contribution in [1.82, 2.24) is 15.2 Å². The first-order valence-electron chi connectivity index (χ1n) is 5.07. The van der Waals surface area contributed by atoms with Crippen molar-refractivity contribution in [1.29, 1.82) is 0 Å². The molecule has 5 nitrogen and oxygen atoms in total. The van der Waals surface area contributed by atoms with E-state index in [0.717, 1.165) is 12.2 Å². The minimum Gasteiger partial charge on any atom is -0.366 e. The second-order valence-electron chi connectivity index (χ2n) is 3.29. The maximum atomic E-state index is 4.25. The quantitative estimate of drug-likeness (QED) is 0.695. The van der Waals surface area contributed by atoms with E-state index >= 15 is 0 Å². The predicted octanol–water partition coefficient (Wildman–Crippen LogP) is 1.68. The lowest BCUT2D eigenvalue weighted by atomic mass is 10.3. The normalized spacial score (nSPS) is 11.9. The SMILES string of the molecule is C=CCNc1nncc(NC(C)CC)n1. The van der Waals surface area contributed by atoms with Gasteiger partial charge in [-0.15, -0.1) is 11.7 Å². The third kappa shape index (κ3) is 3.93. The van der Waals surface area contributed by atoms with Crippen molar-refractivity contribution in [3.05, 3.63) is 18.9 Å². The Bertz CT molecular complexity index is 312. The van der Waals surface area contributed by atoms with Crippen LogP contribution in [0, 0.1) is 0 Å². The summed E-state index contributed by atoms with van der Waals surface area (Å²) in [5, 5.41) is 13.9. The van der Waals surface area contributed by atoms with Gasteiger partial charge < -0.3 is 10.6 Å². The average molecular weight is 207 g/mol. The number of nitrogens with zero attached hydrogens (tertiary/aromatic N) is 3. The molecule has 0 aliphatic rings. The summed E-state index contributed by atoms with van der Waals surface area (Å²) in [4.78, 5) is 4.25. The van der Waals surface area contributed by atoms with Crippen molar-refractivity contribution in [3.63, 3.8) is 0 Å². The minimum atomic E-state index is 0.383. The maximum absolute atomic E-state index is 4.25. The van der Waals surface area contributed by atoms with E-state index in [9.17, 15) is 0 Å². The Morgan fingerprint density at radius 2 is 2.40 bits per heavy atom. The highest BCUT2D eigenvalue weighted by molar-refractivity contribution is 5.37. The third-order valence-corrected chi connectivity index (χ3v) is 1.97. The summed E-state index contributed by atoms with van der Waals surface area (Å²) in [6.45, 7) is 8.45. The van der Waals surface area contributed by atoms with Crippen LogP contribution < -0.4 is 10.6 Å². The van der Waals surface area contributed by atoms with E-state index in [1.165, 1.54) is 0 Å². The maximum Gasteiger partial charge on any atom is 0.244 e. The van der Waals surface area contributed by atoms with E-state index in [-0.39, 0.29) is 0 Å². The van der Waals surface area contributed by atoms with Gasteiger partial charge in [0.2, 0.25) is 5.95 Å². The zero-order valence-corrected chi connectivity index (χ0v) is 9.20. The fourth-order valence-electron chi connectivity index (χ4n) is 0.966. The minimum absolute atomic E-state index is 0.383. The molecule has 0 spiro atoms. The van der Waals surface area contributed by atoms with Gasteiger partial charge in [-0.25, -0.2) is 0 Å². The summed E-state index contributed by atoms with van der Waals surface area (Å²) in [7, 11) is 0. The fraction of sp³-hybridized carbons (Fsp3) is 0.500. The number of anilines is 2. The van der Waals surface area contributed by atoms with E-state index in [2.05, 4.69) is 46.2 Å². The Morgan fingerprint density at radius 3 is 3.07 bits per heavy atom. The van der Waals surface area contributed by atoms with Gasteiger partial charge in [0.25, 0.3) is 0 Å². The fourth-order valence-corrected chi connectivity index (χ4v) is 0.966. The lowest BCUT2D eigenvalue weighted by Crippen LogP contribution is -2.16. The smallest absolute Gasteiger partial charge is 0.244 e. The molecule has 0 saturated carbocycles. The number of aromatic nitrogens is 3.